The van der Waals surface area contributed by atoms with E-state index >= 15 is 0 Å². The van der Waals surface area contributed by atoms with Crippen LogP contribution in [-0.2, 0) is 6.61 Å². The van der Waals surface area contributed by atoms with Crippen LogP contribution < -0.4 is 10.2 Å². The molecule has 126 valence electrons. The lowest BCUT2D eigenvalue weighted by Crippen LogP contribution is -2.20. The van der Waals surface area contributed by atoms with Gasteiger partial charge in [0.05, 0.1) is 6.21 Å². The van der Waals surface area contributed by atoms with Crippen LogP contribution in [0.3, 0.4) is 0 Å². The number of ether oxygens (including phenoxy) is 1. The lowest BCUT2D eigenvalue weighted by atomic mass is 9.89. The van der Waals surface area contributed by atoms with Crippen molar-refractivity contribution in [2.45, 2.75) is 38.7 Å². The number of hydrazone groups is 1. The lowest BCUT2D eigenvalue weighted by molar-refractivity contribution is 0.306. The number of benzene rings is 2. The minimum atomic E-state index is 0.594. The van der Waals surface area contributed by atoms with E-state index in [2.05, 4.69) is 22.7 Å². The highest BCUT2D eigenvalue weighted by Gasteiger charge is 2.12. The Bertz CT molecular complexity index is 616. The number of hydrogen-bond donors (Lipinski definition) is 1. The summed E-state index contributed by atoms with van der Waals surface area (Å²) in [6.45, 7) is 1.59. The summed E-state index contributed by atoms with van der Waals surface area (Å²) >= 11 is 0. The molecular formula is C21H26N2O. The van der Waals surface area contributed by atoms with Crippen molar-refractivity contribution in [2.24, 2.45) is 11.0 Å². The quantitative estimate of drug-likeness (QED) is 0.588. The Hall–Kier alpha value is -2.29. The SMILES string of the molecule is C(=N\NCC1CCCCC1)/c1ccc(OCc2ccccc2)cc1. The van der Waals surface area contributed by atoms with Gasteiger partial charge in [-0.2, -0.15) is 5.10 Å². The fourth-order valence-electron chi connectivity index (χ4n) is 3.08. The van der Waals surface area contributed by atoms with Gasteiger partial charge in [0.15, 0.2) is 0 Å². The average molecular weight is 322 g/mol. The van der Waals surface area contributed by atoms with Gasteiger partial charge in [0.1, 0.15) is 12.4 Å². The first kappa shape index (κ1) is 16.6. The van der Waals surface area contributed by atoms with Crippen molar-refractivity contribution in [3.8, 4) is 5.75 Å². The minimum Gasteiger partial charge on any atom is -0.489 e. The summed E-state index contributed by atoms with van der Waals surface area (Å²) in [7, 11) is 0. The number of nitrogens with zero attached hydrogens (tertiary/aromatic N) is 1. The molecule has 0 aromatic heterocycles. The molecule has 2 aromatic carbocycles. The van der Waals surface area contributed by atoms with Crippen molar-refractivity contribution in [1.29, 1.82) is 0 Å². The maximum atomic E-state index is 5.79. The van der Waals surface area contributed by atoms with E-state index in [-0.39, 0.29) is 0 Å². The van der Waals surface area contributed by atoms with Crippen molar-refractivity contribution in [3.05, 3.63) is 65.7 Å². The molecule has 0 heterocycles. The van der Waals surface area contributed by atoms with Crippen LogP contribution in [0.1, 0.15) is 43.2 Å². The maximum absolute atomic E-state index is 5.79. The van der Waals surface area contributed by atoms with E-state index in [9.17, 15) is 0 Å². The third-order valence-corrected chi connectivity index (χ3v) is 4.54. The third kappa shape index (κ3) is 5.41. The van der Waals surface area contributed by atoms with Crippen molar-refractivity contribution in [3.63, 3.8) is 0 Å². The van der Waals surface area contributed by atoms with E-state index in [0.717, 1.165) is 23.8 Å². The van der Waals surface area contributed by atoms with Gasteiger partial charge in [-0.15, -0.1) is 0 Å². The number of hydrogen-bond acceptors (Lipinski definition) is 3. The van der Waals surface area contributed by atoms with Gasteiger partial charge in [0, 0.05) is 6.54 Å². The van der Waals surface area contributed by atoms with Crippen LogP contribution in [0.2, 0.25) is 0 Å². The second kappa shape index (κ2) is 9.11. The summed E-state index contributed by atoms with van der Waals surface area (Å²) in [5.74, 6) is 1.68. The van der Waals surface area contributed by atoms with E-state index in [4.69, 9.17) is 4.74 Å². The molecule has 1 N–H and O–H groups in total. The minimum absolute atomic E-state index is 0.594. The molecule has 0 atom stereocenters. The molecule has 2 aromatic rings. The molecule has 0 unspecified atom stereocenters. The monoisotopic (exact) mass is 322 g/mol. The molecule has 0 aliphatic heterocycles. The van der Waals surface area contributed by atoms with Gasteiger partial charge in [0.25, 0.3) is 0 Å². The highest BCUT2D eigenvalue weighted by atomic mass is 16.5. The van der Waals surface area contributed by atoms with Crippen molar-refractivity contribution in [2.75, 3.05) is 6.54 Å². The molecular weight excluding hydrogens is 296 g/mol. The van der Waals surface area contributed by atoms with Gasteiger partial charge in [-0.25, -0.2) is 0 Å². The van der Waals surface area contributed by atoms with E-state index in [1.165, 1.54) is 37.7 Å². The van der Waals surface area contributed by atoms with Gasteiger partial charge >= 0.3 is 0 Å². The third-order valence-electron chi connectivity index (χ3n) is 4.54. The summed E-state index contributed by atoms with van der Waals surface area (Å²) in [6.07, 6.45) is 8.72. The summed E-state index contributed by atoms with van der Waals surface area (Å²) in [5.41, 5.74) is 5.46. The standard InChI is InChI=1S/C21H26N2O/c1-3-7-18(8-4-1)15-22-23-16-19-11-13-21(14-12-19)24-17-20-9-5-2-6-10-20/h2,5-6,9-14,16,18,22H,1,3-4,7-8,15,17H2/b23-16+. The first-order valence-corrected chi connectivity index (χ1v) is 8.93. The molecule has 0 spiro atoms. The number of nitrogens with one attached hydrogen (secondary N) is 1. The Morgan fingerprint density at radius 2 is 1.71 bits per heavy atom. The summed E-state index contributed by atoms with van der Waals surface area (Å²) in [4.78, 5) is 0. The molecule has 0 saturated heterocycles. The van der Waals surface area contributed by atoms with Gasteiger partial charge in [-0.1, -0.05) is 49.6 Å². The Balaban J connectivity index is 1.41. The van der Waals surface area contributed by atoms with Gasteiger partial charge in [-0.3, -0.25) is 0 Å². The predicted molar refractivity (Wildman–Crippen MR) is 99.4 cm³/mol. The van der Waals surface area contributed by atoms with Crippen LogP contribution in [0.5, 0.6) is 5.75 Å². The van der Waals surface area contributed by atoms with Crippen LogP contribution in [0.25, 0.3) is 0 Å². The molecule has 0 radical (unpaired) electrons. The number of rotatable bonds is 7. The fraction of sp³-hybridized carbons (Fsp3) is 0.381. The second-order valence-corrected chi connectivity index (χ2v) is 6.47. The van der Waals surface area contributed by atoms with Crippen LogP contribution >= 0.6 is 0 Å². The van der Waals surface area contributed by atoms with E-state index in [1.807, 2.05) is 48.7 Å². The maximum Gasteiger partial charge on any atom is 0.119 e. The van der Waals surface area contributed by atoms with Crippen LogP contribution in [0, 0.1) is 5.92 Å². The molecule has 1 fully saturated rings. The lowest BCUT2D eigenvalue weighted by Gasteiger charge is -2.20. The largest absolute Gasteiger partial charge is 0.489 e. The normalized spacial score (nSPS) is 15.5. The Labute approximate surface area is 144 Å². The summed E-state index contributed by atoms with van der Waals surface area (Å²) in [6, 6.07) is 18.3. The summed E-state index contributed by atoms with van der Waals surface area (Å²) < 4.78 is 5.79. The topological polar surface area (TPSA) is 33.6 Å². The molecule has 3 nitrogen and oxygen atoms in total. The Morgan fingerprint density at radius 3 is 2.46 bits per heavy atom. The molecule has 24 heavy (non-hydrogen) atoms. The van der Waals surface area contributed by atoms with E-state index < -0.39 is 0 Å². The molecule has 1 aliphatic carbocycles. The van der Waals surface area contributed by atoms with Crippen molar-refractivity contribution < 1.29 is 4.74 Å². The molecule has 3 heteroatoms. The smallest absolute Gasteiger partial charge is 0.119 e. The van der Waals surface area contributed by atoms with E-state index in [0.29, 0.717) is 6.61 Å². The first-order chi connectivity index (χ1) is 11.9. The molecule has 1 saturated carbocycles. The van der Waals surface area contributed by atoms with Crippen LogP contribution in [0.15, 0.2) is 59.7 Å². The van der Waals surface area contributed by atoms with Gasteiger partial charge < -0.3 is 10.2 Å². The molecule has 0 bridgehead atoms. The highest BCUT2D eigenvalue weighted by molar-refractivity contribution is 5.79. The van der Waals surface area contributed by atoms with Crippen LogP contribution in [-0.4, -0.2) is 12.8 Å². The zero-order valence-electron chi connectivity index (χ0n) is 14.2. The Morgan fingerprint density at radius 1 is 0.958 bits per heavy atom. The van der Waals surface area contributed by atoms with Crippen LogP contribution in [0.4, 0.5) is 0 Å². The predicted octanol–water partition coefficient (Wildman–Crippen LogP) is 4.77. The molecule has 3 rings (SSSR count). The van der Waals surface area contributed by atoms with Gasteiger partial charge in [-0.05, 0) is 54.2 Å². The van der Waals surface area contributed by atoms with Gasteiger partial charge in [0.2, 0.25) is 0 Å². The average Bonchev–Trinajstić information content (AvgIpc) is 2.66. The first-order valence-electron chi connectivity index (χ1n) is 8.93. The Kier molecular flexibility index (Phi) is 6.29. The van der Waals surface area contributed by atoms with E-state index in [1.54, 1.807) is 0 Å². The summed E-state index contributed by atoms with van der Waals surface area (Å²) in [5, 5.41) is 4.34. The van der Waals surface area contributed by atoms with Crippen molar-refractivity contribution >= 4 is 6.21 Å². The zero-order valence-corrected chi connectivity index (χ0v) is 14.2. The molecule has 0 amide bonds. The second-order valence-electron chi connectivity index (χ2n) is 6.47. The van der Waals surface area contributed by atoms with Crippen molar-refractivity contribution in [1.82, 2.24) is 5.43 Å². The zero-order chi connectivity index (χ0) is 16.5. The fourth-order valence-corrected chi connectivity index (χ4v) is 3.08. The molecule has 1 aliphatic rings. The highest BCUT2D eigenvalue weighted by Crippen LogP contribution is 2.22.